The number of carbonyl (C=O) groups excluding carboxylic acids is 1. The Kier molecular flexibility index (Phi) is 4.94. The summed E-state index contributed by atoms with van der Waals surface area (Å²) in [7, 11) is 0. The summed E-state index contributed by atoms with van der Waals surface area (Å²) in [4.78, 5) is 15.6. The lowest BCUT2D eigenvalue weighted by atomic mass is 10.2. The van der Waals surface area contributed by atoms with E-state index in [9.17, 15) is 4.79 Å². The normalized spacial score (nSPS) is 10.4. The van der Waals surface area contributed by atoms with E-state index in [1.807, 2.05) is 40.7 Å². The van der Waals surface area contributed by atoms with Crippen LogP contribution in [0.3, 0.4) is 0 Å². The Bertz CT molecular complexity index is 519. The summed E-state index contributed by atoms with van der Waals surface area (Å²) >= 11 is 0. The third-order valence-electron chi connectivity index (χ3n) is 2.14. The lowest BCUT2D eigenvalue weighted by Gasteiger charge is -2.18. The Morgan fingerprint density at radius 2 is 2.11 bits per heavy atom. The van der Waals surface area contributed by atoms with E-state index in [0.29, 0.717) is 0 Å². The zero-order chi connectivity index (χ0) is 14.5. The minimum atomic E-state index is -0.493. The van der Waals surface area contributed by atoms with Crippen molar-refractivity contribution in [1.82, 2.24) is 10.3 Å². The number of nitrogens with one attached hydrogen (secondary N) is 1. The predicted molar refractivity (Wildman–Crippen MR) is 74.8 cm³/mol. The molecule has 0 saturated heterocycles. The summed E-state index contributed by atoms with van der Waals surface area (Å²) in [6, 6.07) is 2.03. The van der Waals surface area contributed by atoms with Crippen molar-refractivity contribution >= 4 is 6.09 Å². The van der Waals surface area contributed by atoms with Crippen molar-refractivity contribution in [3.63, 3.8) is 0 Å². The van der Waals surface area contributed by atoms with Crippen molar-refractivity contribution < 1.29 is 9.53 Å². The molecule has 0 saturated carbocycles. The van der Waals surface area contributed by atoms with Crippen LogP contribution in [0.2, 0.25) is 0 Å². The van der Waals surface area contributed by atoms with Gasteiger partial charge in [0.15, 0.2) is 0 Å². The van der Waals surface area contributed by atoms with Gasteiger partial charge in [0.25, 0.3) is 0 Å². The number of aryl methyl sites for hydroxylation is 2. The lowest BCUT2D eigenvalue weighted by Crippen LogP contribution is -2.32. The Labute approximate surface area is 114 Å². The second-order valence-corrected chi connectivity index (χ2v) is 5.34. The quantitative estimate of drug-likeness (QED) is 0.790. The van der Waals surface area contributed by atoms with Crippen LogP contribution in [0.5, 0.6) is 0 Å². The molecular weight excluding hydrogens is 240 g/mol. The lowest BCUT2D eigenvalue weighted by molar-refractivity contribution is 0.0535. The highest BCUT2D eigenvalue weighted by Crippen LogP contribution is 2.06. The standard InChI is InChI=1S/C15H20N2O2/c1-11-9-12(2)13(17-10-11)7-6-8-16-14(18)19-15(3,4)5/h9-10H,8H2,1-5H3,(H,16,18). The average molecular weight is 260 g/mol. The highest BCUT2D eigenvalue weighted by Gasteiger charge is 2.14. The molecule has 0 aromatic carbocycles. The summed E-state index contributed by atoms with van der Waals surface area (Å²) in [5.41, 5.74) is 2.38. The minimum Gasteiger partial charge on any atom is -0.444 e. The first kappa shape index (κ1) is 15.0. The molecule has 1 aromatic heterocycles. The Morgan fingerprint density at radius 1 is 1.42 bits per heavy atom. The molecule has 0 spiro atoms. The van der Waals surface area contributed by atoms with Crippen molar-refractivity contribution in [1.29, 1.82) is 0 Å². The van der Waals surface area contributed by atoms with Gasteiger partial charge >= 0.3 is 6.09 Å². The van der Waals surface area contributed by atoms with E-state index < -0.39 is 11.7 Å². The van der Waals surface area contributed by atoms with Gasteiger partial charge in [-0.25, -0.2) is 9.78 Å². The van der Waals surface area contributed by atoms with Gasteiger partial charge in [-0.1, -0.05) is 12.0 Å². The molecule has 0 aliphatic heterocycles. The van der Waals surface area contributed by atoms with Crippen LogP contribution in [0, 0.1) is 25.7 Å². The molecule has 4 heteroatoms. The monoisotopic (exact) mass is 260 g/mol. The van der Waals surface area contributed by atoms with Gasteiger partial charge in [0, 0.05) is 6.20 Å². The van der Waals surface area contributed by atoms with Gasteiger partial charge in [0.1, 0.15) is 11.3 Å². The first-order chi connectivity index (χ1) is 8.78. The molecule has 0 aliphatic carbocycles. The summed E-state index contributed by atoms with van der Waals surface area (Å²) < 4.78 is 5.10. The number of rotatable bonds is 1. The summed E-state index contributed by atoms with van der Waals surface area (Å²) in [6.45, 7) is 9.64. The topological polar surface area (TPSA) is 51.2 Å². The van der Waals surface area contributed by atoms with E-state index in [-0.39, 0.29) is 6.54 Å². The second kappa shape index (κ2) is 6.24. The number of carbonyl (C=O) groups is 1. The summed E-state index contributed by atoms with van der Waals surface area (Å²) in [5.74, 6) is 5.78. The molecule has 4 nitrogen and oxygen atoms in total. The molecule has 1 amide bonds. The van der Waals surface area contributed by atoms with Crippen LogP contribution < -0.4 is 5.32 Å². The minimum absolute atomic E-state index is 0.240. The van der Waals surface area contributed by atoms with Crippen LogP contribution in [0.4, 0.5) is 4.79 Å². The van der Waals surface area contributed by atoms with Gasteiger partial charge in [0.2, 0.25) is 0 Å². The van der Waals surface area contributed by atoms with Crippen LogP contribution in [0.15, 0.2) is 12.3 Å². The van der Waals surface area contributed by atoms with Gasteiger partial charge in [-0.2, -0.15) is 0 Å². The largest absolute Gasteiger partial charge is 0.444 e. The van der Waals surface area contributed by atoms with Crippen LogP contribution in [0.1, 0.15) is 37.6 Å². The number of hydrogen-bond acceptors (Lipinski definition) is 3. The number of ether oxygens (including phenoxy) is 1. The van der Waals surface area contributed by atoms with Crippen LogP contribution in [0.25, 0.3) is 0 Å². The maximum atomic E-state index is 11.4. The van der Waals surface area contributed by atoms with E-state index in [2.05, 4.69) is 22.1 Å². The third-order valence-corrected chi connectivity index (χ3v) is 2.14. The maximum absolute atomic E-state index is 11.4. The molecule has 1 aromatic rings. The maximum Gasteiger partial charge on any atom is 0.408 e. The molecule has 1 heterocycles. The molecule has 0 fully saturated rings. The molecule has 0 radical (unpaired) electrons. The molecule has 19 heavy (non-hydrogen) atoms. The molecule has 1 rings (SSSR count). The molecule has 0 bridgehead atoms. The highest BCUT2D eigenvalue weighted by molar-refractivity contribution is 5.68. The summed E-state index contributed by atoms with van der Waals surface area (Å²) in [6.07, 6.45) is 1.31. The zero-order valence-electron chi connectivity index (χ0n) is 12.1. The first-order valence-corrected chi connectivity index (χ1v) is 6.17. The van der Waals surface area contributed by atoms with Crippen molar-refractivity contribution in [3.05, 3.63) is 29.1 Å². The average Bonchev–Trinajstić information content (AvgIpc) is 2.24. The number of hydrogen-bond donors (Lipinski definition) is 1. The van der Waals surface area contributed by atoms with E-state index in [1.54, 1.807) is 6.20 Å². The van der Waals surface area contributed by atoms with Gasteiger partial charge in [-0.05, 0) is 51.7 Å². The number of alkyl carbamates (subject to hydrolysis) is 1. The van der Waals surface area contributed by atoms with Crippen LogP contribution in [-0.2, 0) is 4.74 Å². The molecule has 0 unspecified atom stereocenters. The number of amides is 1. The van der Waals surface area contributed by atoms with E-state index >= 15 is 0 Å². The van der Waals surface area contributed by atoms with Crippen LogP contribution >= 0.6 is 0 Å². The fraction of sp³-hybridized carbons (Fsp3) is 0.467. The number of aromatic nitrogens is 1. The van der Waals surface area contributed by atoms with Crippen molar-refractivity contribution in [2.45, 2.75) is 40.2 Å². The molecule has 0 atom stereocenters. The highest BCUT2D eigenvalue weighted by atomic mass is 16.6. The van der Waals surface area contributed by atoms with E-state index in [1.165, 1.54) is 0 Å². The number of pyridine rings is 1. The third kappa shape index (κ3) is 5.91. The van der Waals surface area contributed by atoms with Crippen molar-refractivity contribution in [3.8, 4) is 11.8 Å². The number of nitrogens with zero attached hydrogens (tertiary/aromatic N) is 1. The molecule has 1 N–H and O–H groups in total. The predicted octanol–water partition coefficient (Wildman–Crippen LogP) is 2.57. The van der Waals surface area contributed by atoms with Gasteiger partial charge < -0.3 is 10.1 Å². The molecular formula is C15H20N2O2. The Hall–Kier alpha value is -2.02. The van der Waals surface area contributed by atoms with Crippen molar-refractivity contribution in [2.24, 2.45) is 0 Å². The molecule has 0 aliphatic rings. The van der Waals surface area contributed by atoms with Gasteiger partial charge in [0.05, 0.1) is 6.54 Å². The van der Waals surface area contributed by atoms with Crippen molar-refractivity contribution in [2.75, 3.05) is 6.54 Å². The molecule has 102 valence electrons. The van der Waals surface area contributed by atoms with Crippen LogP contribution in [-0.4, -0.2) is 23.2 Å². The van der Waals surface area contributed by atoms with Gasteiger partial charge in [-0.15, -0.1) is 0 Å². The fourth-order valence-corrected chi connectivity index (χ4v) is 1.40. The zero-order valence-corrected chi connectivity index (χ0v) is 12.1. The first-order valence-electron chi connectivity index (χ1n) is 6.17. The van der Waals surface area contributed by atoms with E-state index in [0.717, 1.165) is 16.8 Å². The Balaban J connectivity index is 2.50. The second-order valence-electron chi connectivity index (χ2n) is 5.34. The summed E-state index contributed by atoms with van der Waals surface area (Å²) in [5, 5.41) is 2.58. The Morgan fingerprint density at radius 3 is 2.68 bits per heavy atom. The van der Waals surface area contributed by atoms with E-state index in [4.69, 9.17) is 4.74 Å². The SMILES string of the molecule is Cc1cnc(C#CCNC(=O)OC(C)(C)C)c(C)c1. The smallest absolute Gasteiger partial charge is 0.408 e. The fourth-order valence-electron chi connectivity index (χ4n) is 1.40. The van der Waals surface area contributed by atoms with Gasteiger partial charge in [-0.3, -0.25) is 0 Å².